The fraction of sp³-hybridized carbons (Fsp3) is 0.933. The maximum Gasteiger partial charge on any atom is 0.234 e. The average Bonchev–Trinajstić information content (AvgIpc) is 2.89. The Bertz CT molecular complexity index is 293. The van der Waals surface area contributed by atoms with Gasteiger partial charge in [0.25, 0.3) is 0 Å². The molecule has 2 aliphatic rings. The van der Waals surface area contributed by atoms with Gasteiger partial charge in [-0.3, -0.25) is 4.79 Å². The lowest BCUT2D eigenvalue weighted by Gasteiger charge is -2.30. The van der Waals surface area contributed by atoms with Crippen LogP contribution in [-0.2, 0) is 4.79 Å². The van der Waals surface area contributed by atoms with Crippen molar-refractivity contribution in [3.05, 3.63) is 0 Å². The number of hydrogen-bond donors (Lipinski definition) is 3. The fourth-order valence-electron chi connectivity index (χ4n) is 3.39. The van der Waals surface area contributed by atoms with Crippen LogP contribution in [0.15, 0.2) is 0 Å². The molecule has 2 saturated carbocycles. The second-order valence-electron chi connectivity index (χ2n) is 6.52. The van der Waals surface area contributed by atoms with Crippen molar-refractivity contribution < 1.29 is 9.90 Å². The Kier molecular flexibility index (Phi) is 5.22. The van der Waals surface area contributed by atoms with Crippen molar-refractivity contribution in [3.63, 3.8) is 0 Å². The first kappa shape index (κ1) is 14.8. The second-order valence-corrected chi connectivity index (χ2v) is 6.52. The van der Waals surface area contributed by atoms with Gasteiger partial charge in [0.05, 0.1) is 13.2 Å². The van der Waals surface area contributed by atoms with E-state index in [-0.39, 0.29) is 18.1 Å². The summed E-state index contributed by atoms with van der Waals surface area (Å²) in [6, 6.07) is 0.360. The van der Waals surface area contributed by atoms with Crippen LogP contribution in [0.5, 0.6) is 0 Å². The number of aliphatic hydroxyl groups is 1. The highest BCUT2D eigenvalue weighted by Gasteiger charge is 2.33. The van der Waals surface area contributed by atoms with Crippen LogP contribution in [-0.4, -0.2) is 35.7 Å². The van der Waals surface area contributed by atoms with Gasteiger partial charge in [-0.25, -0.2) is 0 Å². The minimum Gasteiger partial charge on any atom is -0.394 e. The van der Waals surface area contributed by atoms with E-state index in [1.807, 2.05) is 0 Å². The van der Waals surface area contributed by atoms with Gasteiger partial charge in [-0.2, -0.15) is 0 Å². The molecule has 0 bridgehead atoms. The first-order chi connectivity index (χ1) is 9.13. The third-order valence-corrected chi connectivity index (χ3v) is 4.87. The Balaban J connectivity index is 1.69. The van der Waals surface area contributed by atoms with E-state index in [1.54, 1.807) is 0 Å². The van der Waals surface area contributed by atoms with Crippen molar-refractivity contribution in [3.8, 4) is 0 Å². The number of amides is 1. The lowest BCUT2D eigenvalue weighted by atomic mass is 9.87. The van der Waals surface area contributed by atoms with E-state index in [4.69, 9.17) is 0 Å². The van der Waals surface area contributed by atoms with Gasteiger partial charge in [0.1, 0.15) is 0 Å². The lowest BCUT2D eigenvalue weighted by molar-refractivity contribution is -0.121. The summed E-state index contributed by atoms with van der Waals surface area (Å²) < 4.78 is 0. The zero-order valence-corrected chi connectivity index (χ0v) is 12.1. The largest absolute Gasteiger partial charge is 0.394 e. The molecule has 0 aromatic heterocycles. The number of carbonyl (C=O) groups is 1. The molecule has 0 radical (unpaired) electrons. The summed E-state index contributed by atoms with van der Waals surface area (Å²) in [5.74, 6) is 0.890. The number of aliphatic hydroxyl groups excluding tert-OH is 1. The van der Waals surface area contributed by atoms with Gasteiger partial charge in [-0.15, -0.1) is 0 Å². The first-order valence-electron chi connectivity index (χ1n) is 7.79. The summed E-state index contributed by atoms with van der Waals surface area (Å²) >= 11 is 0. The number of nitrogens with one attached hydrogen (secondary N) is 2. The van der Waals surface area contributed by atoms with Crippen molar-refractivity contribution >= 4 is 5.91 Å². The molecule has 0 aromatic carbocycles. The zero-order chi connectivity index (χ0) is 13.7. The van der Waals surface area contributed by atoms with E-state index in [9.17, 15) is 9.90 Å². The Labute approximate surface area is 116 Å². The summed E-state index contributed by atoms with van der Waals surface area (Å²) in [7, 11) is 0. The Morgan fingerprint density at radius 1 is 1.21 bits per heavy atom. The van der Waals surface area contributed by atoms with Gasteiger partial charge in [0.2, 0.25) is 5.91 Å². The van der Waals surface area contributed by atoms with Gasteiger partial charge in [0, 0.05) is 11.6 Å². The quantitative estimate of drug-likeness (QED) is 0.709. The first-order valence-corrected chi connectivity index (χ1v) is 7.79. The Hall–Kier alpha value is -0.610. The van der Waals surface area contributed by atoms with E-state index in [0.29, 0.717) is 12.6 Å². The van der Waals surface area contributed by atoms with Gasteiger partial charge < -0.3 is 15.7 Å². The summed E-state index contributed by atoms with van der Waals surface area (Å²) in [6.07, 6.45) is 8.93. The van der Waals surface area contributed by atoms with E-state index in [1.165, 1.54) is 12.8 Å². The molecule has 0 spiro atoms. The summed E-state index contributed by atoms with van der Waals surface area (Å²) in [4.78, 5) is 12.0. The van der Waals surface area contributed by atoms with Gasteiger partial charge in [-0.05, 0) is 44.4 Å². The molecule has 2 aliphatic carbocycles. The number of carbonyl (C=O) groups excluding carboxylic acids is 1. The molecule has 19 heavy (non-hydrogen) atoms. The topological polar surface area (TPSA) is 61.4 Å². The van der Waals surface area contributed by atoms with Crippen LogP contribution in [0.25, 0.3) is 0 Å². The Morgan fingerprint density at radius 2 is 1.84 bits per heavy atom. The van der Waals surface area contributed by atoms with Crippen LogP contribution in [0.3, 0.4) is 0 Å². The van der Waals surface area contributed by atoms with Crippen molar-refractivity contribution in [1.29, 1.82) is 0 Å². The molecule has 1 amide bonds. The molecule has 0 atom stereocenters. The second kappa shape index (κ2) is 6.71. The molecule has 3 N–H and O–H groups in total. The van der Waals surface area contributed by atoms with Crippen molar-refractivity contribution in [2.45, 2.75) is 69.9 Å². The maximum absolute atomic E-state index is 12.0. The highest BCUT2D eigenvalue weighted by atomic mass is 16.3. The minimum absolute atomic E-state index is 0.0827. The average molecular weight is 268 g/mol. The van der Waals surface area contributed by atoms with Crippen LogP contribution >= 0.6 is 0 Å². The molecule has 4 heteroatoms. The van der Waals surface area contributed by atoms with Gasteiger partial charge >= 0.3 is 0 Å². The predicted octanol–water partition coefficient (Wildman–Crippen LogP) is 1.58. The normalized spacial score (nSPS) is 30.2. The van der Waals surface area contributed by atoms with Gasteiger partial charge in [-0.1, -0.05) is 19.8 Å². The SMILES string of the molecule is CC1CCC(NC(=O)CNC2(CO)CCCC2)CC1. The molecular weight excluding hydrogens is 240 g/mol. The third kappa shape index (κ3) is 4.18. The molecule has 0 aliphatic heterocycles. The summed E-state index contributed by atoms with van der Waals surface area (Å²) in [5.41, 5.74) is -0.196. The van der Waals surface area contributed by atoms with Crippen LogP contribution in [0, 0.1) is 5.92 Å². The molecule has 0 saturated heterocycles. The monoisotopic (exact) mass is 268 g/mol. The van der Waals surface area contributed by atoms with Crippen molar-refractivity contribution in [2.75, 3.05) is 13.2 Å². The highest BCUT2D eigenvalue weighted by Crippen LogP contribution is 2.28. The van der Waals surface area contributed by atoms with Crippen LogP contribution in [0.2, 0.25) is 0 Å². The summed E-state index contributed by atoms with van der Waals surface area (Å²) in [5, 5.41) is 15.9. The van der Waals surface area contributed by atoms with Crippen molar-refractivity contribution in [2.24, 2.45) is 5.92 Å². The van der Waals surface area contributed by atoms with E-state index >= 15 is 0 Å². The molecule has 0 heterocycles. The predicted molar refractivity (Wildman–Crippen MR) is 75.9 cm³/mol. The number of rotatable bonds is 5. The molecule has 4 nitrogen and oxygen atoms in total. The molecular formula is C15H28N2O2. The van der Waals surface area contributed by atoms with Crippen molar-refractivity contribution in [1.82, 2.24) is 10.6 Å². The van der Waals surface area contributed by atoms with Crippen LogP contribution in [0.4, 0.5) is 0 Å². The molecule has 2 rings (SSSR count). The summed E-state index contributed by atoms with van der Waals surface area (Å²) in [6.45, 7) is 2.76. The Morgan fingerprint density at radius 3 is 2.42 bits per heavy atom. The van der Waals surface area contributed by atoms with E-state index in [2.05, 4.69) is 17.6 Å². The van der Waals surface area contributed by atoms with Crippen LogP contribution in [0.1, 0.15) is 58.3 Å². The van der Waals surface area contributed by atoms with Gasteiger partial charge in [0.15, 0.2) is 0 Å². The minimum atomic E-state index is -0.196. The fourth-order valence-corrected chi connectivity index (χ4v) is 3.39. The lowest BCUT2D eigenvalue weighted by Crippen LogP contribution is -2.51. The highest BCUT2D eigenvalue weighted by molar-refractivity contribution is 5.78. The molecule has 0 unspecified atom stereocenters. The van der Waals surface area contributed by atoms with E-state index in [0.717, 1.165) is 44.4 Å². The van der Waals surface area contributed by atoms with E-state index < -0.39 is 0 Å². The molecule has 2 fully saturated rings. The maximum atomic E-state index is 12.0. The zero-order valence-electron chi connectivity index (χ0n) is 12.1. The van der Waals surface area contributed by atoms with Crippen LogP contribution < -0.4 is 10.6 Å². The third-order valence-electron chi connectivity index (χ3n) is 4.87. The standard InChI is InChI=1S/C15H28N2O2/c1-12-4-6-13(7-5-12)17-14(19)10-16-15(11-18)8-2-3-9-15/h12-13,16,18H,2-11H2,1H3,(H,17,19). The molecule has 110 valence electrons. The number of hydrogen-bond acceptors (Lipinski definition) is 3. The smallest absolute Gasteiger partial charge is 0.234 e. The molecule has 0 aromatic rings.